The Kier molecular flexibility index (Phi) is 6.79. The predicted molar refractivity (Wildman–Crippen MR) is 69.7 cm³/mol. The molecule has 18 heavy (non-hydrogen) atoms. The van der Waals surface area contributed by atoms with E-state index in [1.165, 1.54) is 12.3 Å². The molecule has 5 heteroatoms. The second kappa shape index (κ2) is 8.47. The first-order valence-electron chi connectivity index (χ1n) is 6.28. The van der Waals surface area contributed by atoms with Crippen molar-refractivity contribution in [2.24, 2.45) is 0 Å². The van der Waals surface area contributed by atoms with Crippen molar-refractivity contribution in [1.82, 2.24) is 10.3 Å². The molecule has 1 aromatic heterocycles. The highest BCUT2D eigenvalue weighted by Crippen LogP contribution is 1.93. The summed E-state index contributed by atoms with van der Waals surface area (Å²) in [5, 5.41) is 2.75. The number of H-pyrrole nitrogens is 1. The van der Waals surface area contributed by atoms with Gasteiger partial charge in [0.15, 0.2) is 0 Å². The van der Waals surface area contributed by atoms with Gasteiger partial charge in [0.2, 0.25) is 5.56 Å². The maximum atomic E-state index is 11.6. The Labute approximate surface area is 107 Å². The normalized spacial score (nSPS) is 10.3. The van der Waals surface area contributed by atoms with Crippen molar-refractivity contribution in [2.45, 2.75) is 26.2 Å². The quantitative estimate of drug-likeness (QED) is 0.685. The van der Waals surface area contributed by atoms with Crippen LogP contribution in [0.1, 0.15) is 36.5 Å². The van der Waals surface area contributed by atoms with Crippen LogP contribution < -0.4 is 10.9 Å². The average Bonchev–Trinajstić information content (AvgIpc) is 2.37. The molecule has 0 aliphatic heterocycles. The van der Waals surface area contributed by atoms with Crippen LogP contribution in [0.5, 0.6) is 0 Å². The van der Waals surface area contributed by atoms with E-state index in [0.29, 0.717) is 18.7 Å². The summed E-state index contributed by atoms with van der Waals surface area (Å²) in [4.78, 5) is 25.1. The third-order valence-corrected chi connectivity index (χ3v) is 2.43. The first-order valence-corrected chi connectivity index (χ1v) is 6.28. The molecule has 1 rings (SSSR count). The number of hydrogen-bond donors (Lipinski definition) is 2. The highest BCUT2D eigenvalue weighted by Gasteiger charge is 2.04. The SMILES string of the molecule is CCCCOCCCNC(=O)c1cc[nH]c(=O)c1. The molecule has 0 spiro atoms. The van der Waals surface area contributed by atoms with Crippen LogP contribution in [0.2, 0.25) is 0 Å². The minimum Gasteiger partial charge on any atom is -0.381 e. The molecular formula is C13H20N2O3. The molecule has 1 heterocycles. The van der Waals surface area contributed by atoms with E-state index in [-0.39, 0.29) is 11.5 Å². The van der Waals surface area contributed by atoms with E-state index in [0.717, 1.165) is 25.9 Å². The Morgan fingerprint density at radius 2 is 2.17 bits per heavy atom. The Balaban J connectivity index is 2.16. The highest BCUT2D eigenvalue weighted by molar-refractivity contribution is 5.93. The van der Waals surface area contributed by atoms with Crippen molar-refractivity contribution in [2.75, 3.05) is 19.8 Å². The first kappa shape index (κ1) is 14.4. The minimum absolute atomic E-state index is 0.227. The van der Waals surface area contributed by atoms with Crippen molar-refractivity contribution in [3.8, 4) is 0 Å². The zero-order chi connectivity index (χ0) is 13.2. The number of pyridine rings is 1. The number of aromatic amines is 1. The van der Waals surface area contributed by atoms with Gasteiger partial charge in [-0.25, -0.2) is 0 Å². The summed E-state index contributed by atoms with van der Waals surface area (Å²) >= 11 is 0. The zero-order valence-electron chi connectivity index (χ0n) is 10.7. The molecule has 0 fully saturated rings. The topological polar surface area (TPSA) is 71.2 Å². The fourth-order valence-electron chi connectivity index (χ4n) is 1.41. The molecule has 0 saturated heterocycles. The Bertz CT molecular complexity index is 415. The molecule has 1 amide bonds. The second-order valence-corrected chi connectivity index (χ2v) is 4.02. The number of ether oxygens (including phenoxy) is 1. The molecule has 0 bridgehead atoms. The van der Waals surface area contributed by atoms with E-state index in [4.69, 9.17) is 4.74 Å². The van der Waals surface area contributed by atoms with Crippen LogP contribution >= 0.6 is 0 Å². The number of carbonyl (C=O) groups excluding carboxylic acids is 1. The lowest BCUT2D eigenvalue weighted by molar-refractivity contribution is 0.0940. The number of amides is 1. The Morgan fingerprint density at radius 1 is 1.39 bits per heavy atom. The van der Waals surface area contributed by atoms with E-state index >= 15 is 0 Å². The van der Waals surface area contributed by atoms with Gasteiger partial charge < -0.3 is 15.0 Å². The van der Waals surface area contributed by atoms with Crippen molar-refractivity contribution < 1.29 is 9.53 Å². The lowest BCUT2D eigenvalue weighted by atomic mass is 10.2. The summed E-state index contributed by atoms with van der Waals surface area (Å²) in [5.41, 5.74) is 0.108. The summed E-state index contributed by atoms with van der Waals surface area (Å²) in [6, 6.07) is 2.86. The van der Waals surface area contributed by atoms with Gasteiger partial charge in [-0.2, -0.15) is 0 Å². The van der Waals surface area contributed by atoms with Crippen LogP contribution in [0.15, 0.2) is 23.1 Å². The largest absolute Gasteiger partial charge is 0.381 e. The fraction of sp³-hybridized carbons (Fsp3) is 0.538. The van der Waals surface area contributed by atoms with Gasteiger partial charge in [-0.3, -0.25) is 9.59 Å². The van der Waals surface area contributed by atoms with Crippen LogP contribution in [0.4, 0.5) is 0 Å². The monoisotopic (exact) mass is 252 g/mol. The molecular weight excluding hydrogens is 232 g/mol. The van der Waals surface area contributed by atoms with Gasteiger partial charge in [-0.15, -0.1) is 0 Å². The van der Waals surface area contributed by atoms with Gasteiger partial charge in [0, 0.05) is 37.6 Å². The van der Waals surface area contributed by atoms with E-state index in [1.54, 1.807) is 6.07 Å². The molecule has 0 unspecified atom stereocenters. The van der Waals surface area contributed by atoms with Gasteiger partial charge in [0.25, 0.3) is 5.91 Å². The van der Waals surface area contributed by atoms with Crippen molar-refractivity contribution in [1.29, 1.82) is 0 Å². The summed E-state index contributed by atoms with van der Waals surface area (Å²) < 4.78 is 5.37. The van der Waals surface area contributed by atoms with Crippen molar-refractivity contribution in [3.05, 3.63) is 34.2 Å². The summed E-state index contributed by atoms with van der Waals surface area (Å²) in [6.07, 6.45) is 4.43. The van der Waals surface area contributed by atoms with Gasteiger partial charge in [0.05, 0.1) is 0 Å². The number of aromatic nitrogens is 1. The molecule has 0 saturated carbocycles. The highest BCUT2D eigenvalue weighted by atomic mass is 16.5. The van der Waals surface area contributed by atoms with E-state index in [1.807, 2.05) is 0 Å². The van der Waals surface area contributed by atoms with Gasteiger partial charge >= 0.3 is 0 Å². The number of unbranched alkanes of at least 4 members (excludes halogenated alkanes) is 1. The summed E-state index contributed by atoms with van der Waals surface area (Å²) in [5.74, 6) is -0.227. The predicted octanol–water partition coefficient (Wildman–Crippen LogP) is 1.31. The number of nitrogens with one attached hydrogen (secondary N) is 2. The fourth-order valence-corrected chi connectivity index (χ4v) is 1.41. The molecule has 0 radical (unpaired) electrons. The Morgan fingerprint density at radius 3 is 2.89 bits per heavy atom. The maximum absolute atomic E-state index is 11.6. The molecule has 100 valence electrons. The van der Waals surface area contributed by atoms with E-state index in [9.17, 15) is 9.59 Å². The molecule has 0 aromatic carbocycles. The minimum atomic E-state index is -0.273. The van der Waals surface area contributed by atoms with Crippen LogP contribution in [0.3, 0.4) is 0 Å². The van der Waals surface area contributed by atoms with Gasteiger partial charge in [0.1, 0.15) is 0 Å². The second-order valence-electron chi connectivity index (χ2n) is 4.02. The molecule has 0 aliphatic carbocycles. The smallest absolute Gasteiger partial charge is 0.251 e. The van der Waals surface area contributed by atoms with E-state index in [2.05, 4.69) is 17.2 Å². The number of hydrogen-bond acceptors (Lipinski definition) is 3. The van der Waals surface area contributed by atoms with Crippen molar-refractivity contribution >= 4 is 5.91 Å². The third-order valence-electron chi connectivity index (χ3n) is 2.43. The molecule has 0 atom stereocenters. The average molecular weight is 252 g/mol. The zero-order valence-corrected chi connectivity index (χ0v) is 10.7. The standard InChI is InChI=1S/C13H20N2O3/c1-2-3-8-18-9-4-6-15-13(17)11-5-7-14-12(16)10-11/h5,7,10H,2-4,6,8-9H2,1H3,(H,14,16)(H,15,17). The lowest BCUT2D eigenvalue weighted by Crippen LogP contribution is -2.26. The lowest BCUT2D eigenvalue weighted by Gasteiger charge is -2.05. The van der Waals surface area contributed by atoms with Crippen LogP contribution in [-0.4, -0.2) is 30.6 Å². The first-order chi connectivity index (χ1) is 8.74. The van der Waals surface area contributed by atoms with Gasteiger partial charge in [-0.1, -0.05) is 13.3 Å². The molecule has 5 nitrogen and oxygen atoms in total. The summed E-state index contributed by atoms with van der Waals surface area (Å²) in [7, 11) is 0. The molecule has 0 aliphatic rings. The van der Waals surface area contributed by atoms with E-state index < -0.39 is 0 Å². The summed E-state index contributed by atoms with van der Waals surface area (Å²) in [6.45, 7) is 4.09. The number of rotatable bonds is 8. The van der Waals surface area contributed by atoms with Gasteiger partial charge in [-0.05, 0) is 18.9 Å². The van der Waals surface area contributed by atoms with Crippen LogP contribution in [0.25, 0.3) is 0 Å². The van der Waals surface area contributed by atoms with Crippen molar-refractivity contribution in [3.63, 3.8) is 0 Å². The molecule has 1 aromatic rings. The maximum Gasteiger partial charge on any atom is 0.251 e. The number of carbonyl (C=O) groups is 1. The van der Waals surface area contributed by atoms with Crippen LogP contribution in [0, 0.1) is 0 Å². The Hall–Kier alpha value is -1.62. The van der Waals surface area contributed by atoms with Crippen LogP contribution in [-0.2, 0) is 4.74 Å². The molecule has 2 N–H and O–H groups in total. The third kappa shape index (κ3) is 5.63.